The molecule has 36 heavy (non-hydrogen) atoms. The van der Waals surface area contributed by atoms with Crippen molar-refractivity contribution < 1.29 is 19.8 Å². The van der Waals surface area contributed by atoms with Crippen LogP contribution in [0.15, 0.2) is 73.1 Å². The number of aliphatic hydroxyl groups excluding tert-OH is 1. The third-order valence-corrected chi connectivity index (χ3v) is 7.53. The number of nitrogens with zero attached hydrogens (tertiary/aromatic N) is 4. The summed E-state index contributed by atoms with van der Waals surface area (Å²) in [6, 6.07) is 18.1. The summed E-state index contributed by atoms with van der Waals surface area (Å²) in [6.45, 7) is 1.38. The Labute approximate surface area is 210 Å². The van der Waals surface area contributed by atoms with Gasteiger partial charge in [0.25, 0.3) is 5.91 Å². The highest BCUT2D eigenvalue weighted by Gasteiger charge is 2.41. The van der Waals surface area contributed by atoms with Gasteiger partial charge in [0.15, 0.2) is 0 Å². The van der Waals surface area contributed by atoms with E-state index in [1.54, 1.807) is 6.20 Å². The molecule has 2 saturated heterocycles. The first-order chi connectivity index (χ1) is 17.5. The van der Waals surface area contributed by atoms with Gasteiger partial charge < -0.3 is 15.1 Å². The standard InChI is InChI=1S/C28H32N4O4/c33-26(21-6-2-1-3-7-21)25-14-13-23(32(25)28(35)36)18-20-9-11-22(12-10-20)27(34)30-16-4-8-24(19-30)31-17-5-15-29-31/h1-3,5-7,9-12,15,17,23-26,33H,4,8,13-14,16,18-19H2,(H,35,36)/t23-,24?,25+,26+/m0/s1. The van der Waals surface area contributed by atoms with Crippen molar-refractivity contribution in [3.05, 3.63) is 89.7 Å². The zero-order chi connectivity index (χ0) is 25.1. The van der Waals surface area contributed by atoms with Crippen molar-refractivity contribution in [3.63, 3.8) is 0 Å². The second kappa shape index (κ2) is 10.5. The largest absolute Gasteiger partial charge is 0.465 e. The zero-order valence-corrected chi connectivity index (χ0v) is 20.2. The van der Waals surface area contributed by atoms with Gasteiger partial charge in [-0.1, -0.05) is 42.5 Å². The highest BCUT2D eigenvalue weighted by molar-refractivity contribution is 5.94. The van der Waals surface area contributed by atoms with Crippen LogP contribution in [-0.4, -0.2) is 67.0 Å². The molecule has 0 bridgehead atoms. The minimum absolute atomic E-state index is 0.0116. The zero-order valence-electron chi connectivity index (χ0n) is 20.2. The number of carbonyl (C=O) groups excluding carboxylic acids is 1. The Hall–Kier alpha value is -3.65. The number of hydrogen-bond donors (Lipinski definition) is 2. The van der Waals surface area contributed by atoms with E-state index in [9.17, 15) is 19.8 Å². The molecule has 188 valence electrons. The van der Waals surface area contributed by atoms with Gasteiger partial charge in [0.1, 0.15) is 0 Å². The molecule has 1 unspecified atom stereocenters. The van der Waals surface area contributed by atoms with Gasteiger partial charge in [-0.2, -0.15) is 5.10 Å². The molecule has 2 N–H and O–H groups in total. The SMILES string of the molecule is O=C(c1ccc(C[C@@H]2CC[C@H]([C@H](O)c3ccccc3)N2C(=O)O)cc1)N1CCCC(n2cccn2)C1. The van der Waals surface area contributed by atoms with Crippen LogP contribution in [0.3, 0.4) is 0 Å². The van der Waals surface area contributed by atoms with E-state index in [2.05, 4.69) is 5.10 Å². The molecule has 2 aliphatic rings. The van der Waals surface area contributed by atoms with Crippen molar-refractivity contribution in [3.8, 4) is 0 Å². The van der Waals surface area contributed by atoms with E-state index in [0.717, 1.165) is 30.5 Å². The van der Waals surface area contributed by atoms with Crippen molar-refractivity contribution in [1.82, 2.24) is 19.6 Å². The highest BCUT2D eigenvalue weighted by atomic mass is 16.4. The Kier molecular flexibility index (Phi) is 7.04. The monoisotopic (exact) mass is 488 g/mol. The number of benzene rings is 2. The summed E-state index contributed by atoms with van der Waals surface area (Å²) in [5, 5.41) is 25.1. The molecule has 2 fully saturated rings. The van der Waals surface area contributed by atoms with Crippen LogP contribution in [0.1, 0.15) is 59.3 Å². The number of amides is 2. The van der Waals surface area contributed by atoms with Gasteiger partial charge in [-0.3, -0.25) is 14.4 Å². The maximum atomic E-state index is 13.1. The number of rotatable bonds is 6. The molecular weight excluding hydrogens is 456 g/mol. The molecule has 4 atom stereocenters. The Balaban J connectivity index is 1.23. The molecule has 0 radical (unpaired) electrons. The van der Waals surface area contributed by atoms with Gasteiger partial charge in [-0.25, -0.2) is 4.79 Å². The number of hydrogen-bond acceptors (Lipinski definition) is 4. The number of aromatic nitrogens is 2. The average Bonchev–Trinajstić information content (AvgIpc) is 3.60. The number of carboxylic acid groups (broad SMARTS) is 1. The van der Waals surface area contributed by atoms with Gasteiger partial charge in [0.05, 0.1) is 18.2 Å². The molecule has 3 heterocycles. The Morgan fingerprint density at radius 3 is 2.47 bits per heavy atom. The third kappa shape index (κ3) is 4.99. The minimum atomic E-state index is -1.01. The maximum Gasteiger partial charge on any atom is 0.407 e. The smallest absolute Gasteiger partial charge is 0.407 e. The predicted molar refractivity (Wildman–Crippen MR) is 135 cm³/mol. The molecule has 2 amide bonds. The summed E-state index contributed by atoms with van der Waals surface area (Å²) in [7, 11) is 0. The first-order valence-electron chi connectivity index (χ1n) is 12.6. The molecule has 0 aliphatic carbocycles. The van der Waals surface area contributed by atoms with Crippen molar-refractivity contribution in [2.24, 2.45) is 0 Å². The number of aliphatic hydroxyl groups is 1. The van der Waals surface area contributed by atoms with Crippen LogP contribution >= 0.6 is 0 Å². The minimum Gasteiger partial charge on any atom is -0.465 e. The third-order valence-electron chi connectivity index (χ3n) is 7.53. The quantitative estimate of drug-likeness (QED) is 0.543. The van der Waals surface area contributed by atoms with E-state index in [1.807, 2.05) is 76.4 Å². The Morgan fingerprint density at radius 1 is 1.00 bits per heavy atom. The summed E-state index contributed by atoms with van der Waals surface area (Å²) < 4.78 is 1.93. The van der Waals surface area contributed by atoms with Crippen molar-refractivity contribution in [2.45, 2.75) is 56.3 Å². The van der Waals surface area contributed by atoms with Crippen LogP contribution in [0.25, 0.3) is 0 Å². The molecule has 0 saturated carbocycles. The first-order valence-corrected chi connectivity index (χ1v) is 12.6. The van der Waals surface area contributed by atoms with E-state index in [4.69, 9.17) is 0 Å². The van der Waals surface area contributed by atoms with E-state index in [0.29, 0.717) is 31.4 Å². The van der Waals surface area contributed by atoms with Crippen LogP contribution < -0.4 is 0 Å². The topological polar surface area (TPSA) is 98.9 Å². The van der Waals surface area contributed by atoms with Crippen LogP contribution in [0, 0.1) is 0 Å². The molecule has 8 nitrogen and oxygen atoms in total. The number of likely N-dealkylation sites (tertiary alicyclic amines) is 2. The molecule has 0 spiro atoms. The molecule has 2 aromatic carbocycles. The number of carbonyl (C=O) groups is 2. The van der Waals surface area contributed by atoms with Gasteiger partial charge >= 0.3 is 6.09 Å². The predicted octanol–water partition coefficient (Wildman–Crippen LogP) is 4.15. The lowest BCUT2D eigenvalue weighted by Gasteiger charge is -2.33. The van der Waals surface area contributed by atoms with E-state index in [1.165, 1.54) is 4.90 Å². The summed E-state index contributed by atoms with van der Waals surface area (Å²) in [5.41, 5.74) is 2.34. The molecule has 8 heteroatoms. The fourth-order valence-corrected chi connectivity index (χ4v) is 5.68. The molecule has 1 aromatic heterocycles. The van der Waals surface area contributed by atoms with Crippen LogP contribution in [0.2, 0.25) is 0 Å². The van der Waals surface area contributed by atoms with E-state index < -0.39 is 18.2 Å². The summed E-state index contributed by atoms with van der Waals surface area (Å²) >= 11 is 0. The molecular formula is C28H32N4O4. The van der Waals surface area contributed by atoms with Crippen molar-refractivity contribution in [1.29, 1.82) is 0 Å². The highest BCUT2D eigenvalue weighted by Crippen LogP contribution is 2.34. The van der Waals surface area contributed by atoms with E-state index in [-0.39, 0.29) is 18.0 Å². The first kappa shape index (κ1) is 24.1. The Bertz CT molecular complexity index is 1170. The average molecular weight is 489 g/mol. The van der Waals surface area contributed by atoms with Crippen molar-refractivity contribution >= 4 is 12.0 Å². The molecule has 5 rings (SSSR count). The fourth-order valence-electron chi connectivity index (χ4n) is 5.68. The fraction of sp³-hybridized carbons (Fsp3) is 0.393. The van der Waals surface area contributed by atoms with Gasteiger partial charge in [-0.05, 0) is 61.4 Å². The second-order valence-electron chi connectivity index (χ2n) is 9.78. The molecule has 3 aromatic rings. The summed E-state index contributed by atoms with van der Waals surface area (Å²) in [4.78, 5) is 28.6. The molecule has 2 aliphatic heterocycles. The van der Waals surface area contributed by atoms with E-state index >= 15 is 0 Å². The maximum absolute atomic E-state index is 13.1. The van der Waals surface area contributed by atoms with Crippen molar-refractivity contribution in [2.75, 3.05) is 13.1 Å². The summed E-state index contributed by atoms with van der Waals surface area (Å²) in [5.74, 6) is 0.0116. The van der Waals surface area contributed by atoms with Gasteiger partial charge in [0.2, 0.25) is 0 Å². The second-order valence-corrected chi connectivity index (χ2v) is 9.78. The normalized spacial score (nSPS) is 23.0. The lowest BCUT2D eigenvalue weighted by Crippen LogP contribution is -2.44. The van der Waals surface area contributed by atoms with Crippen LogP contribution in [-0.2, 0) is 6.42 Å². The van der Waals surface area contributed by atoms with Crippen LogP contribution in [0.5, 0.6) is 0 Å². The van der Waals surface area contributed by atoms with Gasteiger partial charge in [-0.15, -0.1) is 0 Å². The number of piperidine rings is 1. The lowest BCUT2D eigenvalue weighted by molar-refractivity contribution is 0.0540. The lowest BCUT2D eigenvalue weighted by atomic mass is 10.0. The van der Waals surface area contributed by atoms with Crippen LogP contribution in [0.4, 0.5) is 4.79 Å². The Morgan fingerprint density at radius 2 is 1.78 bits per heavy atom. The summed E-state index contributed by atoms with van der Waals surface area (Å²) in [6.07, 6.45) is 5.62. The van der Waals surface area contributed by atoms with Gasteiger partial charge in [0, 0.05) is 37.1 Å².